The van der Waals surface area contributed by atoms with Crippen LogP contribution in [0, 0.1) is 0 Å². The number of methoxy groups -OCH3 is 1. The van der Waals surface area contributed by atoms with Gasteiger partial charge in [-0.05, 0) is 38.2 Å². The molecule has 0 radical (unpaired) electrons. The number of fused-ring (bicyclic) bond motifs is 1. The SMILES string of the molecule is COc1cncc2nc(-c3ccncc3)nc(NCC(Cc3ccccc3)N(C)C)c12. The first kappa shape index (κ1) is 20.7. The molecule has 0 saturated carbocycles. The van der Waals surface area contributed by atoms with Gasteiger partial charge in [-0.25, -0.2) is 9.97 Å². The highest BCUT2D eigenvalue weighted by Crippen LogP contribution is 2.31. The molecule has 0 fully saturated rings. The summed E-state index contributed by atoms with van der Waals surface area (Å²) in [7, 11) is 5.83. The second-order valence-electron chi connectivity index (χ2n) is 7.56. The van der Waals surface area contributed by atoms with Gasteiger partial charge in [0.15, 0.2) is 5.82 Å². The molecule has 0 aliphatic rings. The van der Waals surface area contributed by atoms with Crippen LogP contribution in [0.4, 0.5) is 5.82 Å². The highest BCUT2D eigenvalue weighted by Gasteiger charge is 2.17. The molecule has 1 N–H and O–H groups in total. The number of ether oxygens (including phenoxy) is 1. The van der Waals surface area contributed by atoms with Crippen LogP contribution in [-0.4, -0.2) is 58.6 Å². The molecule has 3 heterocycles. The van der Waals surface area contributed by atoms with Gasteiger partial charge in [0.05, 0.1) is 30.4 Å². The zero-order chi connectivity index (χ0) is 21.6. The minimum Gasteiger partial charge on any atom is -0.494 e. The largest absolute Gasteiger partial charge is 0.494 e. The summed E-state index contributed by atoms with van der Waals surface area (Å²) >= 11 is 0. The molecule has 0 saturated heterocycles. The van der Waals surface area contributed by atoms with E-state index in [-0.39, 0.29) is 6.04 Å². The molecule has 1 aromatic carbocycles. The number of nitrogens with zero attached hydrogens (tertiary/aromatic N) is 5. The molecule has 1 atom stereocenters. The Morgan fingerprint density at radius 1 is 0.968 bits per heavy atom. The summed E-state index contributed by atoms with van der Waals surface area (Å²) in [6, 6.07) is 14.6. The van der Waals surface area contributed by atoms with E-state index >= 15 is 0 Å². The maximum absolute atomic E-state index is 5.56. The summed E-state index contributed by atoms with van der Waals surface area (Å²) in [6.07, 6.45) is 7.84. The molecule has 3 aromatic heterocycles. The van der Waals surface area contributed by atoms with Crippen LogP contribution < -0.4 is 10.1 Å². The average molecular weight is 415 g/mol. The molecule has 4 rings (SSSR count). The zero-order valence-corrected chi connectivity index (χ0v) is 18.0. The molecule has 0 aliphatic heterocycles. The molecular weight excluding hydrogens is 388 g/mol. The van der Waals surface area contributed by atoms with E-state index in [1.165, 1.54) is 5.56 Å². The molecule has 7 nitrogen and oxygen atoms in total. The lowest BCUT2D eigenvalue weighted by Gasteiger charge is -2.25. The van der Waals surface area contributed by atoms with Crippen molar-refractivity contribution >= 4 is 16.7 Å². The standard InChI is InChI=1S/C24H26N6O/c1-30(2)19(13-17-7-5-4-6-8-17)14-27-24-22-20(15-26-16-21(22)31-3)28-23(29-24)18-9-11-25-12-10-18/h4-12,15-16,19H,13-14H2,1-3H3,(H,27,28,29). The van der Waals surface area contributed by atoms with Crippen LogP contribution in [-0.2, 0) is 6.42 Å². The van der Waals surface area contributed by atoms with Crippen LogP contribution in [0.2, 0.25) is 0 Å². The van der Waals surface area contributed by atoms with Gasteiger partial charge in [-0.3, -0.25) is 9.97 Å². The summed E-state index contributed by atoms with van der Waals surface area (Å²) < 4.78 is 5.56. The van der Waals surface area contributed by atoms with E-state index in [9.17, 15) is 0 Å². The maximum atomic E-state index is 5.56. The zero-order valence-electron chi connectivity index (χ0n) is 18.0. The van der Waals surface area contributed by atoms with Gasteiger partial charge in [-0.15, -0.1) is 0 Å². The Balaban J connectivity index is 1.69. The monoisotopic (exact) mass is 414 g/mol. The minimum absolute atomic E-state index is 0.282. The molecule has 0 bridgehead atoms. The van der Waals surface area contributed by atoms with Gasteiger partial charge in [0.25, 0.3) is 0 Å². The van der Waals surface area contributed by atoms with Crippen LogP contribution in [0.1, 0.15) is 5.56 Å². The molecule has 31 heavy (non-hydrogen) atoms. The van der Waals surface area contributed by atoms with Crippen molar-refractivity contribution in [3.05, 3.63) is 72.8 Å². The maximum Gasteiger partial charge on any atom is 0.162 e. The molecule has 7 heteroatoms. The lowest BCUT2D eigenvalue weighted by molar-refractivity contribution is 0.303. The summed E-state index contributed by atoms with van der Waals surface area (Å²) in [5.74, 6) is 2.00. The quantitative estimate of drug-likeness (QED) is 0.471. The molecule has 0 aliphatic carbocycles. The van der Waals surface area contributed by atoms with Crippen molar-refractivity contribution in [2.75, 3.05) is 33.1 Å². The van der Waals surface area contributed by atoms with Crippen molar-refractivity contribution in [1.82, 2.24) is 24.8 Å². The van der Waals surface area contributed by atoms with Gasteiger partial charge < -0.3 is 15.0 Å². The number of benzene rings is 1. The summed E-state index contributed by atoms with van der Waals surface area (Å²) in [4.78, 5) is 20.2. The van der Waals surface area contributed by atoms with Crippen LogP contribution in [0.3, 0.4) is 0 Å². The van der Waals surface area contributed by atoms with Gasteiger partial charge in [0.1, 0.15) is 11.6 Å². The average Bonchev–Trinajstić information content (AvgIpc) is 2.82. The number of rotatable bonds is 8. The Morgan fingerprint density at radius 3 is 2.45 bits per heavy atom. The molecule has 0 spiro atoms. The first-order valence-corrected chi connectivity index (χ1v) is 10.2. The van der Waals surface area contributed by atoms with E-state index in [4.69, 9.17) is 14.7 Å². The van der Waals surface area contributed by atoms with Crippen molar-refractivity contribution < 1.29 is 4.74 Å². The van der Waals surface area contributed by atoms with Gasteiger partial charge in [0, 0.05) is 30.5 Å². The number of hydrogen-bond donors (Lipinski definition) is 1. The summed E-state index contributed by atoms with van der Waals surface area (Å²) in [5, 5.41) is 4.38. The van der Waals surface area contributed by atoms with E-state index in [1.807, 2.05) is 18.2 Å². The van der Waals surface area contributed by atoms with Crippen LogP contribution in [0.5, 0.6) is 5.75 Å². The number of pyridine rings is 2. The summed E-state index contributed by atoms with van der Waals surface area (Å²) in [6.45, 7) is 0.718. The van der Waals surface area contributed by atoms with E-state index in [1.54, 1.807) is 31.9 Å². The fourth-order valence-corrected chi connectivity index (χ4v) is 3.51. The predicted octanol–water partition coefficient (Wildman–Crippen LogP) is 3.68. The summed E-state index contributed by atoms with van der Waals surface area (Å²) in [5.41, 5.74) is 2.93. The van der Waals surface area contributed by atoms with Gasteiger partial charge in [-0.2, -0.15) is 0 Å². The highest BCUT2D eigenvalue weighted by atomic mass is 16.5. The molecule has 1 unspecified atom stereocenters. The third kappa shape index (κ3) is 4.78. The van der Waals surface area contributed by atoms with Crippen LogP contribution in [0.25, 0.3) is 22.3 Å². The lowest BCUT2D eigenvalue weighted by Crippen LogP contribution is -2.36. The third-order valence-electron chi connectivity index (χ3n) is 5.28. The smallest absolute Gasteiger partial charge is 0.162 e. The van der Waals surface area contributed by atoms with E-state index in [0.29, 0.717) is 11.6 Å². The lowest BCUT2D eigenvalue weighted by atomic mass is 10.1. The van der Waals surface area contributed by atoms with Crippen molar-refractivity contribution in [3.63, 3.8) is 0 Å². The fourth-order valence-electron chi connectivity index (χ4n) is 3.51. The Labute approximate surface area is 182 Å². The molecular formula is C24H26N6O. The van der Waals surface area contributed by atoms with E-state index < -0.39 is 0 Å². The fraction of sp³-hybridized carbons (Fsp3) is 0.250. The molecule has 158 valence electrons. The minimum atomic E-state index is 0.282. The number of nitrogens with one attached hydrogen (secondary N) is 1. The van der Waals surface area contributed by atoms with Gasteiger partial charge >= 0.3 is 0 Å². The normalized spacial score (nSPS) is 12.1. The van der Waals surface area contributed by atoms with Gasteiger partial charge in [-0.1, -0.05) is 30.3 Å². The first-order chi connectivity index (χ1) is 15.2. The molecule has 0 amide bonds. The number of hydrogen-bond acceptors (Lipinski definition) is 7. The van der Waals surface area contributed by atoms with E-state index in [0.717, 1.165) is 35.2 Å². The second-order valence-corrected chi connectivity index (χ2v) is 7.56. The topological polar surface area (TPSA) is 76.1 Å². The van der Waals surface area contributed by atoms with Gasteiger partial charge in [0.2, 0.25) is 0 Å². The molecule has 4 aromatic rings. The first-order valence-electron chi connectivity index (χ1n) is 10.2. The third-order valence-corrected chi connectivity index (χ3v) is 5.28. The van der Waals surface area contributed by atoms with Crippen molar-refractivity contribution in [2.45, 2.75) is 12.5 Å². The predicted molar refractivity (Wildman–Crippen MR) is 123 cm³/mol. The van der Waals surface area contributed by atoms with Crippen molar-refractivity contribution in [2.24, 2.45) is 0 Å². The second kappa shape index (κ2) is 9.49. The van der Waals surface area contributed by atoms with Crippen molar-refractivity contribution in [3.8, 4) is 17.1 Å². The van der Waals surface area contributed by atoms with Crippen LogP contribution in [0.15, 0.2) is 67.3 Å². The van der Waals surface area contributed by atoms with Crippen molar-refractivity contribution in [1.29, 1.82) is 0 Å². The Bertz CT molecular complexity index is 1130. The highest BCUT2D eigenvalue weighted by molar-refractivity contribution is 5.95. The number of likely N-dealkylation sites (N-methyl/N-ethyl adjacent to an activating group) is 1. The Hall–Kier alpha value is -3.58. The van der Waals surface area contributed by atoms with Crippen LogP contribution >= 0.6 is 0 Å². The number of aromatic nitrogens is 4. The van der Waals surface area contributed by atoms with E-state index in [2.05, 4.69) is 58.5 Å². The number of anilines is 1. The Morgan fingerprint density at radius 2 is 1.74 bits per heavy atom. The Kier molecular flexibility index (Phi) is 6.33.